The van der Waals surface area contributed by atoms with Crippen LogP contribution in [0.15, 0.2) is 24.3 Å². The summed E-state index contributed by atoms with van der Waals surface area (Å²) in [6, 6.07) is 6.52. The predicted molar refractivity (Wildman–Crippen MR) is 76.5 cm³/mol. The van der Waals surface area contributed by atoms with Crippen LogP contribution in [0.2, 0.25) is 0 Å². The lowest BCUT2D eigenvalue weighted by Gasteiger charge is -2.33. The summed E-state index contributed by atoms with van der Waals surface area (Å²) in [6.07, 6.45) is 1.79. The molecule has 0 aromatic heterocycles. The molecule has 0 aliphatic carbocycles. The fraction of sp³-hybridized carbons (Fsp3) is 0.500. The minimum Gasteiger partial charge on any atom is -0.481 e. The van der Waals surface area contributed by atoms with Gasteiger partial charge < -0.3 is 14.7 Å². The molecule has 0 atom stereocenters. The minimum atomic E-state index is -0.849. The van der Waals surface area contributed by atoms with Gasteiger partial charge in [-0.3, -0.25) is 14.9 Å². The molecule has 0 spiro atoms. The lowest BCUT2D eigenvalue weighted by atomic mass is 10.1. The Morgan fingerprint density at radius 2 is 1.95 bits per heavy atom. The molecule has 0 radical (unpaired) electrons. The number of nitrogens with zero attached hydrogens (tertiary/aromatic N) is 2. The van der Waals surface area contributed by atoms with Crippen molar-refractivity contribution in [2.24, 2.45) is 0 Å². The third-order valence-corrected chi connectivity index (χ3v) is 3.54. The topological polar surface area (TPSA) is 92.9 Å². The maximum atomic E-state index is 10.6. The lowest BCUT2D eigenvalue weighted by Crippen LogP contribution is -2.37. The summed E-state index contributed by atoms with van der Waals surface area (Å²) in [6.45, 7) is 1.85. The molecule has 7 nitrogen and oxygen atoms in total. The van der Waals surface area contributed by atoms with E-state index in [4.69, 9.17) is 9.84 Å². The first-order valence-corrected chi connectivity index (χ1v) is 6.89. The molecule has 0 saturated carbocycles. The maximum Gasteiger partial charge on any atom is 0.305 e. The third-order valence-electron chi connectivity index (χ3n) is 3.54. The first kappa shape index (κ1) is 15.2. The Bertz CT molecular complexity index is 495. The van der Waals surface area contributed by atoms with Crippen molar-refractivity contribution in [3.05, 3.63) is 34.4 Å². The van der Waals surface area contributed by atoms with Gasteiger partial charge in [-0.15, -0.1) is 0 Å². The number of carboxylic acids is 1. The van der Waals surface area contributed by atoms with Crippen molar-refractivity contribution in [3.8, 4) is 0 Å². The molecule has 0 bridgehead atoms. The SMILES string of the molecule is O=C(O)CCOC1CCN(c2ccc([N+](=O)[O-])cc2)CC1. The highest BCUT2D eigenvalue weighted by molar-refractivity contribution is 5.66. The van der Waals surface area contributed by atoms with Gasteiger partial charge in [0.25, 0.3) is 5.69 Å². The van der Waals surface area contributed by atoms with Crippen molar-refractivity contribution in [2.75, 3.05) is 24.6 Å². The molecule has 1 N–H and O–H groups in total. The number of piperidine rings is 1. The van der Waals surface area contributed by atoms with E-state index in [0.29, 0.717) is 0 Å². The van der Waals surface area contributed by atoms with E-state index >= 15 is 0 Å². The number of hydrogen-bond acceptors (Lipinski definition) is 5. The second kappa shape index (κ2) is 7.03. The molecule has 1 aliphatic rings. The second-order valence-electron chi connectivity index (χ2n) is 4.97. The molecule has 1 saturated heterocycles. The Morgan fingerprint density at radius 1 is 1.33 bits per heavy atom. The molecule has 1 aromatic rings. The molecule has 21 heavy (non-hydrogen) atoms. The van der Waals surface area contributed by atoms with Crippen LogP contribution in [0, 0.1) is 10.1 Å². The number of rotatable bonds is 6. The molecule has 0 unspecified atom stereocenters. The predicted octanol–water partition coefficient (Wildman–Crippen LogP) is 2.05. The number of benzene rings is 1. The van der Waals surface area contributed by atoms with E-state index in [9.17, 15) is 14.9 Å². The van der Waals surface area contributed by atoms with Gasteiger partial charge in [-0.1, -0.05) is 0 Å². The van der Waals surface area contributed by atoms with E-state index < -0.39 is 10.9 Å². The minimum absolute atomic E-state index is 0.0303. The number of aliphatic carboxylic acids is 1. The summed E-state index contributed by atoms with van der Waals surface area (Å²) in [5.74, 6) is -0.849. The first-order valence-electron chi connectivity index (χ1n) is 6.89. The van der Waals surface area contributed by atoms with Gasteiger partial charge in [0.05, 0.1) is 24.1 Å². The van der Waals surface area contributed by atoms with E-state index in [-0.39, 0.29) is 24.8 Å². The van der Waals surface area contributed by atoms with Crippen LogP contribution < -0.4 is 4.90 Å². The summed E-state index contributed by atoms with van der Waals surface area (Å²) in [4.78, 5) is 22.8. The lowest BCUT2D eigenvalue weighted by molar-refractivity contribution is -0.384. The van der Waals surface area contributed by atoms with Gasteiger partial charge in [0, 0.05) is 30.9 Å². The first-order chi connectivity index (χ1) is 10.1. The molecule has 2 rings (SSSR count). The van der Waals surface area contributed by atoms with Crippen LogP contribution >= 0.6 is 0 Å². The average molecular weight is 294 g/mol. The van der Waals surface area contributed by atoms with Crippen LogP contribution in [0.5, 0.6) is 0 Å². The Kier molecular flexibility index (Phi) is 5.10. The zero-order valence-corrected chi connectivity index (χ0v) is 11.6. The van der Waals surface area contributed by atoms with Crippen LogP contribution in [0.25, 0.3) is 0 Å². The van der Waals surface area contributed by atoms with Gasteiger partial charge >= 0.3 is 5.97 Å². The van der Waals surface area contributed by atoms with E-state index in [0.717, 1.165) is 31.6 Å². The normalized spacial score (nSPS) is 15.9. The highest BCUT2D eigenvalue weighted by Crippen LogP contribution is 2.23. The summed E-state index contributed by atoms with van der Waals surface area (Å²) < 4.78 is 5.53. The fourth-order valence-electron chi connectivity index (χ4n) is 2.38. The highest BCUT2D eigenvalue weighted by Gasteiger charge is 2.20. The molecule has 0 amide bonds. The van der Waals surface area contributed by atoms with Gasteiger partial charge in [-0.05, 0) is 25.0 Å². The molecular weight excluding hydrogens is 276 g/mol. The quantitative estimate of drug-likeness (QED) is 0.637. The van der Waals surface area contributed by atoms with Crippen LogP contribution in [-0.2, 0) is 9.53 Å². The van der Waals surface area contributed by atoms with Crippen LogP contribution in [0.4, 0.5) is 11.4 Å². The number of carboxylic acid groups (broad SMARTS) is 1. The van der Waals surface area contributed by atoms with Crippen molar-refractivity contribution in [2.45, 2.75) is 25.4 Å². The molecule has 1 aromatic carbocycles. The van der Waals surface area contributed by atoms with Gasteiger partial charge in [-0.25, -0.2) is 0 Å². The number of anilines is 1. The molecular formula is C14H18N2O5. The standard InChI is InChI=1S/C14H18N2O5/c17-14(18)7-10-21-13-5-8-15(9-6-13)11-1-3-12(4-2-11)16(19)20/h1-4,13H,5-10H2,(H,17,18). The van der Waals surface area contributed by atoms with Gasteiger partial charge in [0.2, 0.25) is 0 Å². The average Bonchev–Trinajstić information content (AvgIpc) is 2.48. The molecule has 7 heteroatoms. The van der Waals surface area contributed by atoms with Crippen molar-refractivity contribution in [3.63, 3.8) is 0 Å². The zero-order valence-electron chi connectivity index (χ0n) is 11.6. The van der Waals surface area contributed by atoms with E-state index in [1.54, 1.807) is 12.1 Å². The summed E-state index contributed by atoms with van der Waals surface area (Å²) in [5, 5.41) is 19.2. The molecule has 1 aliphatic heterocycles. The maximum absolute atomic E-state index is 10.6. The van der Waals surface area contributed by atoms with Crippen LogP contribution in [0.3, 0.4) is 0 Å². The third kappa shape index (κ3) is 4.42. The van der Waals surface area contributed by atoms with E-state index in [1.165, 1.54) is 12.1 Å². The summed E-state index contributed by atoms with van der Waals surface area (Å²) >= 11 is 0. The monoisotopic (exact) mass is 294 g/mol. The number of non-ortho nitro benzene ring substituents is 1. The molecule has 1 fully saturated rings. The number of carbonyl (C=O) groups is 1. The van der Waals surface area contributed by atoms with E-state index in [2.05, 4.69) is 4.90 Å². The largest absolute Gasteiger partial charge is 0.481 e. The van der Waals surface area contributed by atoms with E-state index in [1.807, 2.05) is 0 Å². The number of hydrogen-bond donors (Lipinski definition) is 1. The van der Waals surface area contributed by atoms with Gasteiger partial charge in [-0.2, -0.15) is 0 Å². The Labute approximate surface area is 122 Å². The van der Waals surface area contributed by atoms with Crippen molar-refractivity contribution < 1.29 is 19.6 Å². The van der Waals surface area contributed by atoms with Gasteiger partial charge in [0.1, 0.15) is 0 Å². The Morgan fingerprint density at radius 3 is 2.48 bits per heavy atom. The number of nitro benzene ring substituents is 1. The van der Waals surface area contributed by atoms with Crippen LogP contribution in [-0.4, -0.2) is 41.8 Å². The van der Waals surface area contributed by atoms with Crippen molar-refractivity contribution in [1.29, 1.82) is 0 Å². The Hall–Kier alpha value is -2.15. The van der Waals surface area contributed by atoms with Crippen molar-refractivity contribution >= 4 is 17.3 Å². The molecule has 114 valence electrons. The number of nitro groups is 1. The fourth-order valence-corrected chi connectivity index (χ4v) is 2.38. The summed E-state index contributed by atoms with van der Waals surface area (Å²) in [7, 11) is 0. The van der Waals surface area contributed by atoms with Crippen molar-refractivity contribution in [1.82, 2.24) is 0 Å². The second-order valence-corrected chi connectivity index (χ2v) is 4.97. The Balaban J connectivity index is 1.80. The number of ether oxygens (including phenoxy) is 1. The smallest absolute Gasteiger partial charge is 0.305 e. The van der Waals surface area contributed by atoms with Crippen LogP contribution in [0.1, 0.15) is 19.3 Å². The molecule has 1 heterocycles. The zero-order chi connectivity index (χ0) is 15.2. The van der Waals surface area contributed by atoms with Gasteiger partial charge in [0.15, 0.2) is 0 Å². The summed E-state index contributed by atoms with van der Waals surface area (Å²) in [5.41, 5.74) is 1.05. The highest BCUT2D eigenvalue weighted by atomic mass is 16.6.